The van der Waals surface area contributed by atoms with Gasteiger partial charge in [-0.25, -0.2) is 0 Å². The van der Waals surface area contributed by atoms with Gasteiger partial charge < -0.3 is 14.8 Å². The lowest BCUT2D eigenvalue weighted by atomic mass is 10.1. The van der Waals surface area contributed by atoms with Crippen molar-refractivity contribution in [2.45, 2.75) is 26.5 Å². The van der Waals surface area contributed by atoms with E-state index in [1.165, 1.54) is 16.7 Å². The van der Waals surface area contributed by atoms with Gasteiger partial charge in [-0.3, -0.25) is 0 Å². The van der Waals surface area contributed by atoms with Crippen LogP contribution in [0.15, 0.2) is 42.5 Å². The molecule has 1 aliphatic heterocycles. The first-order valence-corrected chi connectivity index (χ1v) is 7.45. The van der Waals surface area contributed by atoms with E-state index < -0.39 is 0 Å². The molecule has 1 N–H and O–H groups in total. The van der Waals surface area contributed by atoms with Crippen molar-refractivity contribution in [2.75, 3.05) is 13.2 Å². The molecule has 1 atom stereocenters. The molecule has 0 aromatic heterocycles. The fraction of sp³-hybridized carbons (Fsp3) is 0.333. The maximum absolute atomic E-state index is 5.89. The van der Waals surface area contributed by atoms with Crippen molar-refractivity contribution in [2.24, 2.45) is 0 Å². The molecule has 3 rings (SSSR count). The molecular weight excluding hydrogens is 262 g/mol. The molecule has 0 aliphatic carbocycles. The highest BCUT2D eigenvalue weighted by atomic mass is 16.5. The lowest BCUT2D eigenvalue weighted by Crippen LogP contribution is -2.21. The Morgan fingerprint density at radius 3 is 2.90 bits per heavy atom. The van der Waals surface area contributed by atoms with Crippen molar-refractivity contribution in [3.63, 3.8) is 0 Å². The third-order valence-electron chi connectivity index (χ3n) is 3.87. The summed E-state index contributed by atoms with van der Waals surface area (Å²) >= 11 is 0. The molecule has 21 heavy (non-hydrogen) atoms. The van der Waals surface area contributed by atoms with Crippen LogP contribution < -0.4 is 14.8 Å². The van der Waals surface area contributed by atoms with E-state index in [0.29, 0.717) is 19.3 Å². The predicted octanol–water partition coefficient (Wildman–Crippen LogP) is 3.62. The van der Waals surface area contributed by atoms with E-state index in [9.17, 15) is 0 Å². The quantitative estimate of drug-likeness (QED) is 0.909. The molecule has 3 heteroatoms. The van der Waals surface area contributed by atoms with Crippen molar-refractivity contribution >= 4 is 0 Å². The Morgan fingerprint density at radius 2 is 2.10 bits per heavy atom. The molecule has 2 aromatic carbocycles. The van der Waals surface area contributed by atoms with E-state index >= 15 is 0 Å². The van der Waals surface area contributed by atoms with Crippen molar-refractivity contribution in [1.29, 1.82) is 0 Å². The molecule has 0 saturated carbocycles. The summed E-state index contributed by atoms with van der Waals surface area (Å²) in [7, 11) is 0. The third-order valence-corrected chi connectivity index (χ3v) is 3.87. The van der Waals surface area contributed by atoms with Crippen LogP contribution in [0.4, 0.5) is 0 Å². The van der Waals surface area contributed by atoms with Crippen LogP contribution in [0.3, 0.4) is 0 Å². The Labute approximate surface area is 125 Å². The van der Waals surface area contributed by atoms with Crippen LogP contribution in [-0.4, -0.2) is 13.2 Å². The lowest BCUT2D eigenvalue weighted by molar-refractivity contribution is 0.297. The monoisotopic (exact) mass is 283 g/mol. The van der Waals surface area contributed by atoms with Crippen molar-refractivity contribution in [1.82, 2.24) is 5.32 Å². The molecule has 0 bridgehead atoms. The number of ether oxygens (including phenoxy) is 2. The second kappa shape index (κ2) is 6.19. The van der Waals surface area contributed by atoms with Crippen LogP contribution in [-0.2, 0) is 6.61 Å². The second-order valence-corrected chi connectivity index (χ2v) is 5.34. The minimum absolute atomic E-state index is 0.301. The number of likely N-dealkylation sites (N-methyl/N-ethyl adjacent to an activating group) is 1. The molecule has 0 radical (unpaired) electrons. The van der Waals surface area contributed by atoms with E-state index in [2.05, 4.69) is 37.4 Å². The molecule has 0 spiro atoms. The molecule has 0 saturated heterocycles. The summed E-state index contributed by atoms with van der Waals surface area (Å²) < 4.78 is 11.6. The number of rotatable bonds is 5. The highest BCUT2D eigenvalue weighted by molar-refractivity contribution is 5.45. The number of hydrogen-bond donors (Lipinski definition) is 1. The third kappa shape index (κ3) is 3.03. The second-order valence-electron chi connectivity index (χ2n) is 5.34. The lowest BCUT2D eigenvalue weighted by Gasteiger charge is -2.11. The average molecular weight is 283 g/mol. The van der Waals surface area contributed by atoms with E-state index in [4.69, 9.17) is 9.47 Å². The number of hydrogen-bond acceptors (Lipinski definition) is 3. The summed E-state index contributed by atoms with van der Waals surface area (Å²) in [4.78, 5) is 0. The van der Waals surface area contributed by atoms with E-state index in [1.54, 1.807) is 0 Å². The number of fused-ring (bicyclic) bond motifs is 1. The van der Waals surface area contributed by atoms with Crippen LogP contribution in [0.1, 0.15) is 29.7 Å². The average Bonchev–Trinajstić information content (AvgIpc) is 2.89. The molecule has 3 nitrogen and oxygen atoms in total. The van der Waals surface area contributed by atoms with Crippen molar-refractivity contribution in [3.05, 3.63) is 59.2 Å². The van der Waals surface area contributed by atoms with Gasteiger partial charge in [-0.15, -0.1) is 0 Å². The minimum Gasteiger partial charge on any atom is -0.491 e. The van der Waals surface area contributed by atoms with Gasteiger partial charge >= 0.3 is 0 Å². The first kappa shape index (κ1) is 14.0. The summed E-state index contributed by atoms with van der Waals surface area (Å²) in [5, 5.41) is 3.42. The minimum atomic E-state index is 0.301. The maximum Gasteiger partial charge on any atom is 0.128 e. The van der Waals surface area contributed by atoms with Gasteiger partial charge in [0.1, 0.15) is 24.7 Å². The zero-order chi connectivity index (χ0) is 14.7. The summed E-state index contributed by atoms with van der Waals surface area (Å²) in [6.07, 6.45) is 0. The summed E-state index contributed by atoms with van der Waals surface area (Å²) in [5.74, 6) is 1.79. The van der Waals surface area contributed by atoms with Crippen LogP contribution in [0, 0.1) is 6.92 Å². The normalized spacial score (nSPS) is 16.4. The summed E-state index contributed by atoms with van der Waals surface area (Å²) in [6, 6.07) is 14.7. The Balaban J connectivity index is 1.69. The van der Waals surface area contributed by atoms with E-state index in [-0.39, 0.29) is 0 Å². The largest absolute Gasteiger partial charge is 0.491 e. The van der Waals surface area contributed by atoms with Crippen molar-refractivity contribution in [3.8, 4) is 11.5 Å². The molecule has 2 aromatic rings. The molecule has 110 valence electrons. The van der Waals surface area contributed by atoms with Gasteiger partial charge in [-0.2, -0.15) is 0 Å². The van der Waals surface area contributed by atoms with Crippen LogP contribution in [0.25, 0.3) is 0 Å². The fourth-order valence-corrected chi connectivity index (χ4v) is 2.63. The molecule has 1 heterocycles. The highest BCUT2D eigenvalue weighted by Gasteiger charge is 2.23. The standard InChI is InChI=1S/C18H21NO2/c1-3-19-17-12-21-18-10-15(8-9-16(17)18)20-11-14-7-5-4-6-13(14)2/h4-10,17,19H,3,11-12H2,1-2H3. The molecule has 1 aliphatic rings. The van der Waals surface area contributed by atoms with Gasteiger partial charge in [-0.05, 0) is 36.7 Å². The Kier molecular flexibility index (Phi) is 4.11. The molecule has 0 amide bonds. The number of aryl methyl sites for hydroxylation is 1. The van der Waals surface area contributed by atoms with Crippen LogP contribution >= 0.6 is 0 Å². The van der Waals surface area contributed by atoms with Crippen molar-refractivity contribution < 1.29 is 9.47 Å². The van der Waals surface area contributed by atoms with Gasteiger partial charge in [0.25, 0.3) is 0 Å². The Hall–Kier alpha value is -2.00. The van der Waals surface area contributed by atoms with Crippen LogP contribution in [0.2, 0.25) is 0 Å². The molecule has 0 fully saturated rings. The van der Waals surface area contributed by atoms with Gasteiger partial charge in [-0.1, -0.05) is 31.2 Å². The summed E-state index contributed by atoms with van der Waals surface area (Å²) in [5.41, 5.74) is 3.69. The number of nitrogens with one attached hydrogen (secondary N) is 1. The van der Waals surface area contributed by atoms with Crippen LogP contribution in [0.5, 0.6) is 11.5 Å². The highest BCUT2D eigenvalue weighted by Crippen LogP contribution is 2.35. The topological polar surface area (TPSA) is 30.5 Å². The predicted molar refractivity (Wildman–Crippen MR) is 83.9 cm³/mol. The van der Waals surface area contributed by atoms with E-state index in [1.807, 2.05) is 24.3 Å². The first-order valence-electron chi connectivity index (χ1n) is 7.45. The smallest absolute Gasteiger partial charge is 0.128 e. The molecular formula is C18H21NO2. The Morgan fingerprint density at radius 1 is 1.24 bits per heavy atom. The van der Waals surface area contributed by atoms with Gasteiger partial charge in [0.15, 0.2) is 0 Å². The SMILES string of the molecule is CCNC1COc2cc(OCc3ccccc3C)ccc21. The molecule has 1 unspecified atom stereocenters. The Bertz CT molecular complexity index is 624. The zero-order valence-corrected chi connectivity index (χ0v) is 12.6. The van der Waals surface area contributed by atoms with E-state index in [0.717, 1.165) is 18.0 Å². The van der Waals surface area contributed by atoms with Gasteiger partial charge in [0, 0.05) is 11.6 Å². The number of benzene rings is 2. The van der Waals surface area contributed by atoms with Gasteiger partial charge in [0.05, 0.1) is 6.04 Å². The summed E-state index contributed by atoms with van der Waals surface area (Å²) in [6.45, 7) is 6.44. The fourth-order valence-electron chi connectivity index (χ4n) is 2.63. The maximum atomic E-state index is 5.89. The van der Waals surface area contributed by atoms with Gasteiger partial charge in [0.2, 0.25) is 0 Å². The zero-order valence-electron chi connectivity index (χ0n) is 12.6. The first-order chi connectivity index (χ1) is 10.3.